The molecule has 0 aromatic carbocycles. The zero-order valence-electron chi connectivity index (χ0n) is 16.4. The number of rotatable bonds is 4. The summed E-state index contributed by atoms with van der Waals surface area (Å²) in [6, 6.07) is 2.03. The molecule has 1 N–H and O–H groups in total. The number of nitrogens with one attached hydrogen (secondary N) is 1. The molecule has 1 aliphatic heterocycles. The van der Waals surface area contributed by atoms with Crippen molar-refractivity contribution in [3.8, 4) is 5.88 Å². The number of carbonyl (C=O) groups excluding carboxylic acids is 1. The summed E-state index contributed by atoms with van der Waals surface area (Å²) >= 11 is 0. The van der Waals surface area contributed by atoms with Crippen molar-refractivity contribution in [3.05, 3.63) is 12.4 Å². The van der Waals surface area contributed by atoms with Gasteiger partial charge in [0.2, 0.25) is 5.88 Å². The summed E-state index contributed by atoms with van der Waals surface area (Å²) in [5.41, 5.74) is -0.477. The third-order valence-electron chi connectivity index (χ3n) is 4.65. The molecule has 8 heteroatoms. The van der Waals surface area contributed by atoms with E-state index in [1.807, 2.05) is 26.8 Å². The van der Waals surface area contributed by atoms with Gasteiger partial charge in [0.05, 0.1) is 13.2 Å². The molecule has 0 bridgehead atoms. The highest BCUT2D eigenvalue weighted by molar-refractivity contribution is 5.68. The Morgan fingerprint density at radius 3 is 2.56 bits per heavy atom. The van der Waals surface area contributed by atoms with Gasteiger partial charge in [0.15, 0.2) is 0 Å². The van der Waals surface area contributed by atoms with Crippen LogP contribution in [0.5, 0.6) is 5.88 Å². The lowest BCUT2D eigenvalue weighted by Gasteiger charge is -2.30. The van der Waals surface area contributed by atoms with E-state index in [9.17, 15) is 4.79 Å². The standard InChI is InChI=1S/C19H30N4O4/c1-19(2,3)27-18(24)22-14-4-6-15(7-5-14)26-17-12-16(20-13-21-17)23-8-10-25-11-9-23/h12-15H,4-11H2,1-3H3,(H,22,24). The van der Waals surface area contributed by atoms with Crippen LogP contribution in [-0.2, 0) is 9.47 Å². The van der Waals surface area contributed by atoms with E-state index in [-0.39, 0.29) is 18.2 Å². The lowest BCUT2D eigenvalue weighted by Crippen LogP contribution is -2.42. The van der Waals surface area contributed by atoms with Gasteiger partial charge in [0.25, 0.3) is 0 Å². The maximum Gasteiger partial charge on any atom is 0.407 e. The SMILES string of the molecule is CC(C)(C)OC(=O)NC1CCC(Oc2cc(N3CCOCC3)ncn2)CC1. The minimum atomic E-state index is -0.477. The predicted octanol–water partition coefficient (Wildman–Crippen LogP) is 2.53. The smallest absolute Gasteiger partial charge is 0.407 e. The van der Waals surface area contributed by atoms with Crippen LogP contribution in [0.1, 0.15) is 46.5 Å². The third-order valence-corrected chi connectivity index (χ3v) is 4.65. The number of aromatic nitrogens is 2. The minimum absolute atomic E-state index is 0.106. The summed E-state index contributed by atoms with van der Waals surface area (Å²) in [4.78, 5) is 22.7. The Kier molecular flexibility index (Phi) is 6.36. The summed E-state index contributed by atoms with van der Waals surface area (Å²) in [6.07, 6.45) is 4.79. The Balaban J connectivity index is 1.46. The fourth-order valence-electron chi connectivity index (χ4n) is 3.33. The van der Waals surface area contributed by atoms with E-state index >= 15 is 0 Å². The van der Waals surface area contributed by atoms with Gasteiger partial charge in [-0.2, -0.15) is 0 Å². The Hall–Kier alpha value is -2.09. The summed E-state index contributed by atoms with van der Waals surface area (Å²) < 4.78 is 16.8. The van der Waals surface area contributed by atoms with Crippen LogP contribution in [0, 0.1) is 0 Å². The molecule has 0 unspecified atom stereocenters. The van der Waals surface area contributed by atoms with E-state index < -0.39 is 5.60 Å². The highest BCUT2D eigenvalue weighted by atomic mass is 16.6. The van der Waals surface area contributed by atoms with Crippen molar-refractivity contribution in [1.82, 2.24) is 15.3 Å². The number of morpholine rings is 1. The monoisotopic (exact) mass is 378 g/mol. The van der Waals surface area contributed by atoms with Gasteiger partial charge >= 0.3 is 6.09 Å². The van der Waals surface area contributed by atoms with Gasteiger partial charge < -0.3 is 24.4 Å². The lowest BCUT2D eigenvalue weighted by molar-refractivity contribution is 0.0469. The van der Waals surface area contributed by atoms with Crippen LogP contribution in [-0.4, -0.2) is 60.1 Å². The van der Waals surface area contributed by atoms with Crippen molar-refractivity contribution >= 4 is 11.9 Å². The van der Waals surface area contributed by atoms with E-state index in [1.54, 1.807) is 6.33 Å². The van der Waals surface area contributed by atoms with Gasteiger partial charge in [-0.25, -0.2) is 14.8 Å². The second-order valence-electron chi connectivity index (χ2n) is 8.05. The zero-order chi connectivity index (χ0) is 19.3. The number of amides is 1. The topological polar surface area (TPSA) is 85.8 Å². The van der Waals surface area contributed by atoms with Crippen LogP contribution in [0.4, 0.5) is 10.6 Å². The maximum atomic E-state index is 11.9. The Morgan fingerprint density at radius 2 is 1.89 bits per heavy atom. The van der Waals surface area contributed by atoms with Crippen molar-refractivity contribution in [3.63, 3.8) is 0 Å². The first-order chi connectivity index (χ1) is 12.9. The number of carbonyl (C=O) groups is 1. The van der Waals surface area contributed by atoms with Gasteiger partial charge in [0.1, 0.15) is 23.9 Å². The molecule has 1 saturated heterocycles. The zero-order valence-corrected chi connectivity index (χ0v) is 16.4. The summed E-state index contributed by atoms with van der Waals surface area (Å²) in [7, 11) is 0. The Morgan fingerprint density at radius 1 is 1.19 bits per heavy atom. The molecule has 1 aliphatic carbocycles. The molecule has 8 nitrogen and oxygen atoms in total. The normalized spacial score (nSPS) is 23.6. The van der Waals surface area contributed by atoms with Crippen molar-refractivity contribution < 1.29 is 19.0 Å². The highest BCUT2D eigenvalue weighted by Gasteiger charge is 2.26. The molecule has 1 aromatic heterocycles. The van der Waals surface area contributed by atoms with Gasteiger partial charge in [-0.15, -0.1) is 0 Å². The third kappa shape index (κ3) is 6.23. The molecule has 2 fully saturated rings. The predicted molar refractivity (Wildman–Crippen MR) is 101 cm³/mol. The minimum Gasteiger partial charge on any atom is -0.474 e. The van der Waals surface area contributed by atoms with Crippen LogP contribution in [0.25, 0.3) is 0 Å². The number of nitrogens with zero attached hydrogens (tertiary/aromatic N) is 3. The summed E-state index contributed by atoms with van der Waals surface area (Å²) in [5, 5.41) is 2.95. The van der Waals surface area contributed by atoms with E-state index in [1.165, 1.54) is 0 Å². The van der Waals surface area contributed by atoms with Gasteiger partial charge in [-0.1, -0.05) is 0 Å². The maximum absolute atomic E-state index is 11.9. The fraction of sp³-hybridized carbons (Fsp3) is 0.737. The molecular weight excluding hydrogens is 348 g/mol. The van der Waals surface area contributed by atoms with Crippen LogP contribution in [0.3, 0.4) is 0 Å². The number of anilines is 1. The van der Waals surface area contributed by atoms with E-state index in [4.69, 9.17) is 14.2 Å². The quantitative estimate of drug-likeness (QED) is 0.861. The van der Waals surface area contributed by atoms with Crippen molar-refractivity contribution in [2.45, 2.75) is 64.2 Å². The Labute approximate surface area is 160 Å². The number of hydrogen-bond donors (Lipinski definition) is 1. The van der Waals surface area contributed by atoms with E-state index in [0.717, 1.165) is 57.8 Å². The average Bonchev–Trinajstić information content (AvgIpc) is 2.63. The molecule has 150 valence electrons. The number of alkyl carbamates (subject to hydrolysis) is 1. The fourth-order valence-corrected chi connectivity index (χ4v) is 3.33. The second-order valence-corrected chi connectivity index (χ2v) is 8.05. The average molecular weight is 378 g/mol. The number of hydrogen-bond acceptors (Lipinski definition) is 7. The molecule has 27 heavy (non-hydrogen) atoms. The van der Waals surface area contributed by atoms with Gasteiger partial charge in [-0.3, -0.25) is 0 Å². The van der Waals surface area contributed by atoms with Crippen molar-refractivity contribution in [1.29, 1.82) is 0 Å². The van der Waals surface area contributed by atoms with Crippen LogP contribution in [0.15, 0.2) is 12.4 Å². The first-order valence-corrected chi connectivity index (χ1v) is 9.70. The Bertz CT molecular complexity index is 620. The molecular formula is C19H30N4O4. The molecule has 0 spiro atoms. The first kappa shape index (κ1) is 19.7. The molecule has 0 radical (unpaired) electrons. The molecule has 1 aromatic rings. The van der Waals surface area contributed by atoms with Gasteiger partial charge in [-0.05, 0) is 46.5 Å². The van der Waals surface area contributed by atoms with Gasteiger partial charge in [0, 0.05) is 25.2 Å². The molecule has 2 aliphatic rings. The van der Waals surface area contributed by atoms with Crippen LogP contribution < -0.4 is 15.0 Å². The highest BCUT2D eigenvalue weighted by Crippen LogP contribution is 2.25. The lowest BCUT2D eigenvalue weighted by atomic mass is 9.93. The van der Waals surface area contributed by atoms with E-state index in [0.29, 0.717) is 5.88 Å². The molecule has 1 saturated carbocycles. The molecule has 1 amide bonds. The van der Waals surface area contributed by atoms with Crippen LogP contribution in [0.2, 0.25) is 0 Å². The van der Waals surface area contributed by atoms with Crippen molar-refractivity contribution in [2.24, 2.45) is 0 Å². The van der Waals surface area contributed by atoms with E-state index in [2.05, 4.69) is 20.2 Å². The summed E-state index contributed by atoms with van der Waals surface area (Å²) in [6.45, 7) is 8.69. The molecule has 3 rings (SSSR count). The van der Waals surface area contributed by atoms with Crippen molar-refractivity contribution in [2.75, 3.05) is 31.2 Å². The molecule has 2 heterocycles. The second kappa shape index (κ2) is 8.73. The molecule has 0 atom stereocenters. The largest absolute Gasteiger partial charge is 0.474 e. The van der Waals surface area contributed by atoms with Crippen LogP contribution >= 0.6 is 0 Å². The summed E-state index contributed by atoms with van der Waals surface area (Å²) in [5.74, 6) is 1.48. The number of ether oxygens (including phenoxy) is 3. The first-order valence-electron chi connectivity index (χ1n) is 9.70.